The van der Waals surface area contributed by atoms with Gasteiger partial charge in [0.2, 0.25) is 23.6 Å². The van der Waals surface area contributed by atoms with Gasteiger partial charge in [0, 0.05) is 6.42 Å². The lowest BCUT2D eigenvalue weighted by Gasteiger charge is -2.24. The first kappa shape index (κ1) is 28.2. The molecule has 0 rings (SSSR count). The number of hydrogen-bond donors (Lipinski definition) is 8. The molecule has 0 aliphatic rings. The lowest BCUT2D eigenvalue weighted by Crippen LogP contribution is -2.57. The molecule has 0 aromatic heterocycles. The number of aliphatic hydroxyl groups is 1. The molecule has 0 aromatic rings. The Bertz CT molecular complexity index is 643. The van der Waals surface area contributed by atoms with Gasteiger partial charge in [-0.15, -0.1) is 0 Å². The number of hydrogen-bond acceptors (Lipinski definition) is 8. The summed E-state index contributed by atoms with van der Waals surface area (Å²) < 4.78 is 0. The highest BCUT2D eigenvalue weighted by molar-refractivity contribution is 5.94. The number of aliphatic carboxylic acids is 1. The van der Waals surface area contributed by atoms with Gasteiger partial charge in [0.05, 0.1) is 12.1 Å². The molecule has 0 spiro atoms. The van der Waals surface area contributed by atoms with Crippen molar-refractivity contribution in [2.75, 3.05) is 6.54 Å². The summed E-state index contributed by atoms with van der Waals surface area (Å²) in [6, 6.07) is -4.78. The molecule has 0 aliphatic carbocycles. The second kappa shape index (κ2) is 14.3. The Morgan fingerprint density at radius 2 is 1.52 bits per heavy atom. The fourth-order valence-corrected chi connectivity index (χ4v) is 2.52. The molecule has 0 bridgehead atoms. The van der Waals surface area contributed by atoms with Crippen LogP contribution in [0, 0.1) is 0 Å². The molecule has 178 valence electrons. The number of carbonyl (C=O) groups is 5. The topological polar surface area (TPSA) is 240 Å². The van der Waals surface area contributed by atoms with Crippen molar-refractivity contribution >= 4 is 29.6 Å². The number of aliphatic hydroxyl groups excluding tert-OH is 1. The van der Waals surface area contributed by atoms with Gasteiger partial charge < -0.3 is 43.4 Å². The Balaban J connectivity index is 5.06. The highest BCUT2D eigenvalue weighted by Crippen LogP contribution is 2.04. The van der Waals surface area contributed by atoms with E-state index in [1.54, 1.807) is 0 Å². The molecule has 0 heterocycles. The lowest BCUT2D eigenvalue weighted by atomic mass is 10.1. The third-order valence-electron chi connectivity index (χ3n) is 4.42. The van der Waals surface area contributed by atoms with E-state index < -0.39 is 59.9 Å². The average Bonchev–Trinajstić information content (AvgIpc) is 2.68. The van der Waals surface area contributed by atoms with Crippen LogP contribution in [0.4, 0.5) is 0 Å². The second-order valence-electron chi connectivity index (χ2n) is 7.25. The molecular formula is C18H34N6O7. The smallest absolute Gasteiger partial charge is 0.328 e. The van der Waals surface area contributed by atoms with Crippen LogP contribution in [0.3, 0.4) is 0 Å². The van der Waals surface area contributed by atoms with Gasteiger partial charge in [-0.2, -0.15) is 0 Å². The van der Waals surface area contributed by atoms with Crippen LogP contribution >= 0.6 is 0 Å². The largest absolute Gasteiger partial charge is 0.480 e. The average molecular weight is 447 g/mol. The van der Waals surface area contributed by atoms with Crippen LogP contribution in [0.1, 0.15) is 46.0 Å². The van der Waals surface area contributed by atoms with Crippen LogP contribution < -0.4 is 33.2 Å². The first-order valence-corrected chi connectivity index (χ1v) is 9.96. The molecule has 13 heteroatoms. The van der Waals surface area contributed by atoms with E-state index in [0.29, 0.717) is 19.4 Å². The Hall–Kier alpha value is -2.77. The van der Waals surface area contributed by atoms with Gasteiger partial charge in [0.15, 0.2) is 6.04 Å². The fourth-order valence-electron chi connectivity index (χ4n) is 2.52. The van der Waals surface area contributed by atoms with Crippen molar-refractivity contribution in [1.29, 1.82) is 0 Å². The predicted octanol–water partition coefficient (Wildman–Crippen LogP) is -3.35. The normalized spacial score (nSPS) is 15.6. The van der Waals surface area contributed by atoms with Crippen LogP contribution in [0.5, 0.6) is 0 Å². The molecular weight excluding hydrogens is 412 g/mol. The number of carbonyl (C=O) groups excluding carboxylic acids is 4. The van der Waals surface area contributed by atoms with Gasteiger partial charge >= 0.3 is 5.97 Å². The van der Waals surface area contributed by atoms with Crippen molar-refractivity contribution in [1.82, 2.24) is 16.0 Å². The van der Waals surface area contributed by atoms with Gasteiger partial charge in [0.1, 0.15) is 12.1 Å². The monoisotopic (exact) mass is 446 g/mol. The van der Waals surface area contributed by atoms with Crippen LogP contribution in [-0.4, -0.2) is 76.6 Å². The maximum atomic E-state index is 12.6. The maximum absolute atomic E-state index is 12.6. The maximum Gasteiger partial charge on any atom is 0.328 e. The molecule has 0 aromatic carbocycles. The molecule has 5 unspecified atom stereocenters. The van der Waals surface area contributed by atoms with Gasteiger partial charge in [0.25, 0.3) is 0 Å². The van der Waals surface area contributed by atoms with E-state index in [2.05, 4.69) is 16.0 Å². The van der Waals surface area contributed by atoms with Crippen molar-refractivity contribution in [2.45, 2.75) is 76.2 Å². The van der Waals surface area contributed by atoms with E-state index in [9.17, 15) is 29.1 Å². The van der Waals surface area contributed by atoms with E-state index in [0.717, 1.165) is 0 Å². The number of unbranched alkanes of at least 4 members (excludes halogenated alkanes) is 1. The van der Waals surface area contributed by atoms with Crippen molar-refractivity contribution in [3.63, 3.8) is 0 Å². The van der Waals surface area contributed by atoms with Gasteiger partial charge in [-0.1, -0.05) is 0 Å². The number of nitrogens with two attached hydrogens (primary N) is 3. The number of nitrogens with one attached hydrogen (secondary N) is 3. The fraction of sp³-hybridized carbons (Fsp3) is 0.722. The Labute approximate surface area is 180 Å². The SMILES string of the molecule is CC(NC(=O)C(CCCCN)NC(=O)C(N)CCC(N)=O)C(=O)NC(C(=O)O)C(C)O. The molecule has 31 heavy (non-hydrogen) atoms. The molecule has 0 fully saturated rings. The summed E-state index contributed by atoms with van der Waals surface area (Å²) in [6.07, 6.45) is -0.115. The summed E-state index contributed by atoms with van der Waals surface area (Å²) in [5, 5.41) is 25.5. The van der Waals surface area contributed by atoms with Crippen molar-refractivity contribution in [2.24, 2.45) is 17.2 Å². The number of carboxylic acid groups (broad SMARTS) is 1. The molecule has 5 atom stereocenters. The number of carboxylic acids is 1. The van der Waals surface area contributed by atoms with E-state index in [1.807, 2.05) is 0 Å². The molecule has 13 nitrogen and oxygen atoms in total. The Morgan fingerprint density at radius 3 is 2.00 bits per heavy atom. The summed E-state index contributed by atoms with van der Waals surface area (Å²) in [7, 11) is 0. The highest BCUT2D eigenvalue weighted by Gasteiger charge is 2.29. The quantitative estimate of drug-likeness (QED) is 0.117. The summed E-state index contributed by atoms with van der Waals surface area (Å²) in [5.74, 6) is -4.21. The molecule has 4 amide bonds. The number of rotatable bonds is 15. The zero-order chi connectivity index (χ0) is 24.1. The summed E-state index contributed by atoms with van der Waals surface area (Å²) in [6.45, 7) is 2.91. The van der Waals surface area contributed by atoms with Gasteiger partial charge in [-0.05, 0) is 46.1 Å². The van der Waals surface area contributed by atoms with Crippen molar-refractivity contribution in [3.05, 3.63) is 0 Å². The van der Waals surface area contributed by atoms with E-state index in [1.165, 1.54) is 13.8 Å². The first-order chi connectivity index (χ1) is 14.4. The molecule has 0 saturated carbocycles. The van der Waals surface area contributed by atoms with Crippen molar-refractivity contribution < 1.29 is 34.2 Å². The third-order valence-corrected chi connectivity index (χ3v) is 4.42. The van der Waals surface area contributed by atoms with Crippen LogP contribution in [-0.2, 0) is 24.0 Å². The van der Waals surface area contributed by atoms with Gasteiger partial charge in [-0.25, -0.2) is 4.79 Å². The van der Waals surface area contributed by atoms with E-state index in [-0.39, 0.29) is 19.3 Å². The van der Waals surface area contributed by atoms with Crippen LogP contribution in [0.2, 0.25) is 0 Å². The standard InChI is InChI=1S/C18H34N6O7/c1-9(15(27)24-14(10(2)25)18(30)31)22-17(29)12(5-3-4-8-19)23-16(28)11(20)6-7-13(21)26/h9-12,14,25H,3-8,19-20H2,1-2H3,(H2,21,26)(H,22,29)(H,23,28)(H,24,27)(H,30,31). The number of amides is 4. The second-order valence-corrected chi connectivity index (χ2v) is 7.25. The van der Waals surface area contributed by atoms with Gasteiger partial charge in [-0.3, -0.25) is 19.2 Å². The Kier molecular flexibility index (Phi) is 13.0. The summed E-state index contributed by atoms with van der Waals surface area (Å²) in [5.41, 5.74) is 16.2. The third kappa shape index (κ3) is 11.3. The Morgan fingerprint density at radius 1 is 0.903 bits per heavy atom. The summed E-state index contributed by atoms with van der Waals surface area (Å²) in [4.78, 5) is 59.0. The van der Waals surface area contributed by atoms with Crippen LogP contribution in [0.15, 0.2) is 0 Å². The minimum absolute atomic E-state index is 0.00698. The zero-order valence-corrected chi connectivity index (χ0v) is 17.8. The molecule has 0 radical (unpaired) electrons. The van der Waals surface area contributed by atoms with Crippen molar-refractivity contribution in [3.8, 4) is 0 Å². The molecule has 11 N–H and O–H groups in total. The first-order valence-electron chi connectivity index (χ1n) is 9.96. The number of primary amides is 1. The predicted molar refractivity (Wildman–Crippen MR) is 110 cm³/mol. The van der Waals surface area contributed by atoms with E-state index >= 15 is 0 Å². The lowest BCUT2D eigenvalue weighted by molar-refractivity contribution is -0.145. The molecule has 0 saturated heterocycles. The zero-order valence-electron chi connectivity index (χ0n) is 17.8. The minimum atomic E-state index is -1.55. The van der Waals surface area contributed by atoms with Crippen LogP contribution in [0.25, 0.3) is 0 Å². The van der Waals surface area contributed by atoms with E-state index in [4.69, 9.17) is 22.3 Å². The highest BCUT2D eigenvalue weighted by atomic mass is 16.4. The molecule has 0 aliphatic heterocycles. The summed E-state index contributed by atoms with van der Waals surface area (Å²) >= 11 is 0. The minimum Gasteiger partial charge on any atom is -0.480 e.